The highest BCUT2D eigenvalue weighted by atomic mass is 16.5. The van der Waals surface area contributed by atoms with Gasteiger partial charge in [0.1, 0.15) is 17.9 Å². The molecular weight excluding hydrogens is 256 g/mol. The Hall–Kier alpha value is -2.75. The first-order valence-corrected chi connectivity index (χ1v) is 6.13. The Morgan fingerprint density at radius 1 is 1.20 bits per heavy atom. The summed E-state index contributed by atoms with van der Waals surface area (Å²) in [6.07, 6.45) is 3.18. The van der Waals surface area contributed by atoms with Crippen molar-refractivity contribution in [3.63, 3.8) is 0 Å². The minimum Gasteiger partial charge on any atom is -0.490 e. The van der Waals surface area contributed by atoms with Gasteiger partial charge in [-0.2, -0.15) is 0 Å². The van der Waals surface area contributed by atoms with Crippen LogP contribution in [-0.4, -0.2) is 6.61 Å². The van der Waals surface area contributed by atoms with Crippen LogP contribution >= 0.6 is 0 Å². The average Bonchev–Trinajstić information content (AvgIpc) is 2.99. The Labute approximate surface area is 114 Å². The van der Waals surface area contributed by atoms with Crippen LogP contribution in [0.15, 0.2) is 68.9 Å². The maximum absolute atomic E-state index is 12.1. The zero-order valence-electron chi connectivity index (χ0n) is 10.7. The van der Waals surface area contributed by atoms with Gasteiger partial charge in [-0.25, -0.2) is 0 Å². The number of rotatable bonds is 4. The molecule has 3 rings (SSSR count). The number of benzene rings is 1. The highest BCUT2D eigenvalue weighted by Gasteiger charge is 2.09. The molecule has 0 saturated heterocycles. The summed E-state index contributed by atoms with van der Waals surface area (Å²) < 4.78 is 16.3. The molecule has 2 heterocycles. The molecule has 0 fully saturated rings. The highest BCUT2D eigenvalue weighted by molar-refractivity contribution is 5.79. The van der Waals surface area contributed by atoms with E-state index < -0.39 is 0 Å². The molecule has 1 aromatic carbocycles. The lowest BCUT2D eigenvalue weighted by Gasteiger charge is -2.05. The fraction of sp³-hybridized carbons (Fsp3) is 0.0625. The Kier molecular flexibility index (Phi) is 3.13. The second-order valence-corrected chi connectivity index (χ2v) is 4.21. The smallest absolute Gasteiger partial charge is 0.193 e. The summed E-state index contributed by atoms with van der Waals surface area (Å²) in [5.74, 6) is 1.54. The van der Waals surface area contributed by atoms with Gasteiger partial charge in [-0.1, -0.05) is 12.7 Å². The maximum atomic E-state index is 12.1. The van der Waals surface area contributed by atoms with E-state index in [1.165, 1.54) is 12.3 Å². The largest absolute Gasteiger partial charge is 0.490 e. The van der Waals surface area contributed by atoms with Crippen LogP contribution in [-0.2, 0) is 0 Å². The van der Waals surface area contributed by atoms with Crippen LogP contribution < -0.4 is 10.2 Å². The number of ether oxygens (including phenoxy) is 1. The third-order valence-corrected chi connectivity index (χ3v) is 2.83. The van der Waals surface area contributed by atoms with E-state index in [9.17, 15) is 4.79 Å². The van der Waals surface area contributed by atoms with Gasteiger partial charge in [0.2, 0.25) is 0 Å². The van der Waals surface area contributed by atoms with Crippen molar-refractivity contribution in [3.05, 3.63) is 65.5 Å². The Balaban J connectivity index is 2.10. The fourth-order valence-corrected chi connectivity index (χ4v) is 1.92. The summed E-state index contributed by atoms with van der Waals surface area (Å²) in [4.78, 5) is 12.1. The summed E-state index contributed by atoms with van der Waals surface area (Å²) in [5.41, 5.74) is 0.358. The van der Waals surface area contributed by atoms with E-state index in [1.54, 1.807) is 36.4 Å². The van der Waals surface area contributed by atoms with E-state index in [0.29, 0.717) is 34.8 Å². The molecule has 20 heavy (non-hydrogen) atoms. The number of furan rings is 1. The standard InChI is InChI=1S/C16H12O4/c1-2-7-18-11-5-6-14-12(9-11)13(17)10-16(20-14)15-4-3-8-19-15/h2-6,8-10H,1,7H2. The van der Waals surface area contributed by atoms with Crippen LogP contribution in [0.3, 0.4) is 0 Å². The van der Waals surface area contributed by atoms with Crippen LogP contribution in [0.1, 0.15) is 0 Å². The van der Waals surface area contributed by atoms with E-state index >= 15 is 0 Å². The van der Waals surface area contributed by atoms with Crippen molar-refractivity contribution < 1.29 is 13.6 Å². The lowest BCUT2D eigenvalue weighted by atomic mass is 10.2. The van der Waals surface area contributed by atoms with E-state index in [1.807, 2.05) is 0 Å². The van der Waals surface area contributed by atoms with Crippen molar-refractivity contribution in [1.82, 2.24) is 0 Å². The van der Waals surface area contributed by atoms with Gasteiger partial charge in [-0.15, -0.1) is 0 Å². The summed E-state index contributed by atoms with van der Waals surface area (Å²) in [5, 5.41) is 0.474. The van der Waals surface area contributed by atoms with Gasteiger partial charge in [0.15, 0.2) is 16.9 Å². The zero-order chi connectivity index (χ0) is 13.9. The average molecular weight is 268 g/mol. The first-order valence-electron chi connectivity index (χ1n) is 6.13. The molecule has 0 radical (unpaired) electrons. The normalized spacial score (nSPS) is 10.6. The molecular formula is C16H12O4. The van der Waals surface area contributed by atoms with Gasteiger partial charge in [0.05, 0.1) is 11.6 Å². The molecule has 4 heteroatoms. The molecule has 0 amide bonds. The first-order chi connectivity index (χ1) is 9.78. The molecule has 0 aliphatic rings. The van der Waals surface area contributed by atoms with Crippen molar-refractivity contribution in [2.45, 2.75) is 0 Å². The summed E-state index contributed by atoms with van der Waals surface area (Å²) in [7, 11) is 0. The molecule has 0 N–H and O–H groups in total. The lowest BCUT2D eigenvalue weighted by molar-refractivity contribution is 0.363. The topological polar surface area (TPSA) is 52.6 Å². The van der Waals surface area contributed by atoms with Crippen molar-refractivity contribution in [2.75, 3.05) is 6.61 Å². The minimum atomic E-state index is -0.137. The van der Waals surface area contributed by atoms with Gasteiger partial charge in [-0.3, -0.25) is 4.79 Å². The van der Waals surface area contributed by atoms with E-state index in [4.69, 9.17) is 13.6 Å². The number of hydrogen-bond donors (Lipinski definition) is 0. The monoisotopic (exact) mass is 268 g/mol. The van der Waals surface area contributed by atoms with Gasteiger partial charge >= 0.3 is 0 Å². The molecule has 4 nitrogen and oxygen atoms in total. The molecule has 0 saturated carbocycles. The van der Waals surface area contributed by atoms with Crippen molar-refractivity contribution in [2.24, 2.45) is 0 Å². The summed E-state index contributed by atoms with van der Waals surface area (Å²) in [6, 6.07) is 10.0. The second-order valence-electron chi connectivity index (χ2n) is 4.21. The molecule has 0 atom stereocenters. The predicted molar refractivity (Wildman–Crippen MR) is 75.9 cm³/mol. The van der Waals surface area contributed by atoms with Gasteiger partial charge in [-0.05, 0) is 30.3 Å². The zero-order valence-corrected chi connectivity index (χ0v) is 10.7. The third kappa shape index (κ3) is 2.23. The molecule has 3 aromatic rings. The van der Waals surface area contributed by atoms with Crippen LogP contribution in [0, 0.1) is 0 Å². The molecule has 0 bridgehead atoms. The number of hydrogen-bond acceptors (Lipinski definition) is 4. The van der Waals surface area contributed by atoms with Gasteiger partial charge < -0.3 is 13.6 Å². The Morgan fingerprint density at radius 3 is 2.85 bits per heavy atom. The molecule has 0 aliphatic heterocycles. The minimum absolute atomic E-state index is 0.137. The van der Waals surface area contributed by atoms with Crippen LogP contribution in [0.25, 0.3) is 22.5 Å². The van der Waals surface area contributed by atoms with E-state index in [2.05, 4.69) is 6.58 Å². The molecule has 0 spiro atoms. The van der Waals surface area contributed by atoms with Crippen LogP contribution in [0.5, 0.6) is 5.75 Å². The maximum Gasteiger partial charge on any atom is 0.193 e. The molecule has 0 aliphatic carbocycles. The summed E-state index contributed by atoms with van der Waals surface area (Å²) >= 11 is 0. The molecule has 2 aromatic heterocycles. The third-order valence-electron chi connectivity index (χ3n) is 2.83. The predicted octanol–water partition coefficient (Wildman–Crippen LogP) is 3.62. The van der Waals surface area contributed by atoms with Crippen molar-refractivity contribution in [3.8, 4) is 17.3 Å². The molecule has 100 valence electrons. The van der Waals surface area contributed by atoms with Gasteiger partial charge in [0.25, 0.3) is 0 Å². The fourth-order valence-electron chi connectivity index (χ4n) is 1.92. The van der Waals surface area contributed by atoms with Gasteiger partial charge in [0, 0.05) is 6.07 Å². The van der Waals surface area contributed by atoms with Crippen molar-refractivity contribution >= 4 is 11.0 Å². The van der Waals surface area contributed by atoms with Crippen molar-refractivity contribution in [1.29, 1.82) is 0 Å². The Morgan fingerprint density at radius 2 is 2.10 bits per heavy atom. The second kappa shape index (κ2) is 5.09. The Bertz CT molecular complexity index is 797. The lowest BCUT2D eigenvalue weighted by Crippen LogP contribution is -2.01. The number of fused-ring (bicyclic) bond motifs is 1. The quantitative estimate of drug-likeness (QED) is 0.678. The summed E-state index contributed by atoms with van der Waals surface area (Å²) in [6.45, 7) is 3.97. The molecule has 0 unspecified atom stereocenters. The van der Waals surface area contributed by atoms with E-state index in [0.717, 1.165) is 0 Å². The van der Waals surface area contributed by atoms with Crippen LogP contribution in [0.4, 0.5) is 0 Å². The van der Waals surface area contributed by atoms with E-state index in [-0.39, 0.29) is 5.43 Å². The SMILES string of the molecule is C=CCOc1ccc2oc(-c3ccco3)cc(=O)c2c1. The highest BCUT2D eigenvalue weighted by Crippen LogP contribution is 2.24. The first kappa shape index (κ1) is 12.3. The van der Waals surface area contributed by atoms with Crippen LogP contribution in [0.2, 0.25) is 0 Å².